The molecule has 2 heterocycles. The molecule has 31 heavy (non-hydrogen) atoms. The normalized spacial score (nSPS) is 13.0. The van der Waals surface area contributed by atoms with Gasteiger partial charge in [-0.2, -0.15) is 10.2 Å². The van der Waals surface area contributed by atoms with Gasteiger partial charge in [0.15, 0.2) is 0 Å². The minimum Gasteiger partial charge on any atom is -0.491 e. The number of aromatic nitrogens is 4. The Bertz CT molecular complexity index is 1050. The molecule has 8 heteroatoms. The van der Waals surface area contributed by atoms with Crippen LogP contribution >= 0.6 is 0 Å². The SMILES string of the molecule is COC(=O)CCc1nc2c([nH]1)CCc1cnnc(-c3ccc(OCCF)cc3)c1CC2. The zero-order valence-electron chi connectivity index (χ0n) is 17.5. The highest BCUT2D eigenvalue weighted by molar-refractivity contribution is 5.69. The summed E-state index contributed by atoms with van der Waals surface area (Å²) in [5, 5.41) is 8.65. The third-order valence-electron chi connectivity index (χ3n) is 5.48. The third-order valence-corrected chi connectivity index (χ3v) is 5.48. The number of aromatic amines is 1. The molecule has 3 aromatic rings. The summed E-state index contributed by atoms with van der Waals surface area (Å²) < 4.78 is 22.4. The molecule has 0 spiro atoms. The van der Waals surface area contributed by atoms with Crippen LogP contribution in [0.25, 0.3) is 11.3 Å². The quantitative estimate of drug-likeness (QED) is 0.586. The topological polar surface area (TPSA) is 90.0 Å². The van der Waals surface area contributed by atoms with E-state index in [1.54, 1.807) is 0 Å². The summed E-state index contributed by atoms with van der Waals surface area (Å²) in [6.07, 6.45) is 5.94. The van der Waals surface area contributed by atoms with Crippen molar-refractivity contribution in [1.82, 2.24) is 20.2 Å². The number of ether oxygens (including phenoxy) is 2. The number of imidazole rings is 1. The predicted molar refractivity (Wildman–Crippen MR) is 113 cm³/mol. The molecule has 1 N–H and O–H groups in total. The van der Waals surface area contributed by atoms with Gasteiger partial charge in [0.1, 0.15) is 24.9 Å². The molecule has 2 aromatic heterocycles. The van der Waals surface area contributed by atoms with Crippen LogP contribution in [0.4, 0.5) is 4.39 Å². The number of fused-ring (bicyclic) bond motifs is 2. The number of esters is 1. The molecule has 0 saturated heterocycles. The van der Waals surface area contributed by atoms with Crippen LogP contribution in [0.3, 0.4) is 0 Å². The van der Waals surface area contributed by atoms with Crippen molar-refractivity contribution in [2.45, 2.75) is 38.5 Å². The fraction of sp³-hybridized carbons (Fsp3) is 0.391. The zero-order chi connectivity index (χ0) is 21.6. The summed E-state index contributed by atoms with van der Waals surface area (Å²) in [4.78, 5) is 19.5. The molecule has 0 radical (unpaired) electrons. The van der Waals surface area contributed by atoms with Crippen molar-refractivity contribution in [3.8, 4) is 17.0 Å². The Hall–Kier alpha value is -3.29. The van der Waals surface area contributed by atoms with E-state index >= 15 is 0 Å². The van der Waals surface area contributed by atoms with E-state index in [0.29, 0.717) is 18.6 Å². The Labute approximate surface area is 180 Å². The van der Waals surface area contributed by atoms with Crippen molar-refractivity contribution in [3.05, 3.63) is 58.8 Å². The number of nitrogens with one attached hydrogen (secondary N) is 1. The number of carbonyl (C=O) groups is 1. The maximum absolute atomic E-state index is 12.3. The summed E-state index contributed by atoms with van der Waals surface area (Å²) in [6, 6.07) is 7.52. The summed E-state index contributed by atoms with van der Waals surface area (Å²) in [5.41, 5.74) is 6.34. The van der Waals surface area contributed by atoms with E-state index in [4.69, 9.17) is 14.5 Å². The molecule has 4 rings (SSSR count). The maximum atomic E-state index is 12.3. The number of nitrogens with zero attached hydrogens (tertiary/aromatic N) is 3. The van der Waals surface area contributed by atoms with E-state index in [1.165, 1.54) is 18.2 Å². The van der Waals surface area contributed by atoms with E-state index in [9.17, 15) is 9.18 Å². The van der Waals surface area contributed by atoms with Crippen LogP contribution in [0.5, 0.6) is 5.75 Å². The van der Waals surface area contributed by atoms with Gasteiger partial charge in [-0.1, -0.05) is 0 Å². The van der Waals surface area contributed by atoms with Crippen LogP contribution in [-0.4, -0.2) is 46.5 Å². The number of halogens is 1. The molecule has 0 bridgehead atoms. The van der Waals surface area contributed by atoms with Crippen LogP contribution in [0.15, 0.2) is 30.5 Å². The molecule has 162 valence electrons. The molecule has 0 atom stereocenters. The van der Waals surface area contributed by atoms with Crippen LogP contribution < -0.4 is 4.74 Å². The first kappa shape index (κ1) is 21.0. The predicted octanol–water partition coefficient (Wildman–Crippen LogP) is 3.20. The highest BCUT2D eigenvalue weighted by Gasteiger charge is 2.20. The lowest BCUT2D eigenvalue weighted by atomic mass is 9.92. The van der Waals surface area contributed by atoms with E-state index in [2.05, 4.69) is 15.2 Å². The van der Waals surface area contributed by atoms with Gasteiger partial charge in [0.05, 0.1) is 31.1 Å². The van der Waals surface area contributed by atoms with Gasteiger partial charge in [-0.25, -0.2) is 9.37 Å². The lowest BCUT2D eigenvalue weighted by molar-refractivity contribution is -0.140. The van der Waals surface area contributed by atoms with Gasteiger partial charge in [0, 0.05) is 17.7 Å². The maximum Gasteiger partial charge on any atom is 0.305 e. The number of rotatable bonds is 7. The molecule has 0 unspecified atom stereocenters. The fourth-order valence-corrected chi connectivity index (χ4v) is 3.90. The molecular weight excluding hydrogens is 399 g/mol. The second-order valence-electron chi connectivity index (χ2n) is 7.44. The summed E-state index contributed by atoms with van der Waals surface area (Å²) in [6.45, 7) is -0.466. The molecule has 1 aliphatic rings. The van der Waals surface area contributed by atoms with E-state index in [1.807, 2.05) is 30.5 Å². The van der Waals surface area contributed by atoms with Crippen molar-refractivity contribution in [2.75, 3.05) is 20.4 Å². The molecule has 0 saturated carbocycles. The van der Waals surface area contributed by atoms with E-state index in [-0.39, 0.29) is 12.6 Å². The molecule has 1 aliphatic carbocycles. The molecule has 0 aliphatic heterocycles. The molecule has 7 nitrogen and oxygen atoms in total. The number of alkyl halides is 1. The Morgan fingerprint density at radius 1 is 1.16 bits per heavy atom. The van der Waals surface area contributed by atoms with Crippen LogP contribution in [0.1, 0.15) is 34.8 Å². The van der Waals surface area contributed by atoms with Gasteiger partial charge in [-0.15, -0.1) is 0 Å². The minimum atomic E-state index is -0.515. The van der Waals surface area contributed by atoms with Crippen molar-refractivity contribution in [1.29, 1.82) is 0 Å². The van der Waals surface area contributed by atoms with Crippen molar-refractivity contribution in [2.24, 2.45) is 0 Å². The fourth-order valence-electron chi connectivity index (χ4n) is 3.90. The lowest BCUT2D eigenvalue weighted by Gasteiger charge is -2.16. The largest absolute Gasteiger partial charge is 0.491 e. The van der Waals surface area contributed by atoms with E-state index in [0.717, 1.165) is 54.2 Å². The second kappa shape index (κ2) is 9.68. The van der Waals surface area contributed by atoms with E-state index < -0.39 is 6.67 Å². The number of benzene rings is 1. The standard InChI is InChI=1S/C23H25FN4O3/c1-30-22(29)11-10-21-26-19-8-4-16-14-25-28-23(18(16)7-9-20(19)27-21)15-2-5-17(6-3-15)31-13-12-24/h2-3,5-6,14H,4,7-13H2,1H3,(H,26,27). The Balaban J connectivity index is 1.53. The number of carbonyl (C=O) groups excluding carboxylic acids is 1. The van der Waals surface area contributed by atoms with Gasteiger partial charge < -0.3 is 14.5 Å². The highest BCUT2D eigenvalue weighted by Crippen LogP contribution is 2.29. The van der Waals surface area contributed by atoms with Crippen LogP contribution in [0.2, 0.25) is 0 Å². The summed E-state index contributed by atoms with van der Waals surface area (Å²) >= 11 is 0. The highest BCUT2D eigenvalue weighted by atomic mass is 19.1. The summed E-state index contributed by atoms with van der Waals surface area (Å²) in [5.74, 6) is 1.22. The van der Waals surface area contributed by atoms with Crippen molar-refractivity contribution < 1.29 is 18.7 Å². The molecule has 1 aromatic carbocycles. The van der Waals surface area contributed by atoms with Gasteiger partial charge in [0.2, 0.25) is 0 Å². The van der Waals surface area contributed by atoms with Crippen molar-refractivity contribution in [3.63, 3.8) is 0 Å². The van der Waals surface area contributed by atoms with Gasteiger partial charge >= 0.3 is 5.97 Å². The average molecular weight is 424 g/mol. The Kier molecular flexibility index (Phi) is 6.54. The first-order valence-electron chi connectivity index (χ1n) is 10.4. The van der Waals surface area contributed by atoms with Gasteiger partial charge in [0.25, 0.3) is 0 Å². The zero-order valence-corrected chi connectivity index (χ0v) is 17.5. The minimum absolute atomic E-state index is 0.0491. The average Bonchev–Trinajstić information content (AvgIpc) is 3.18. The number of hydrogen-bond acceptors (Lipinski definition) is 6. The molecule has 0 amide bonds. The van der Waals surface area contributed by atoms with Crippen molar-refractivity contribution >= 4 is 5.97 Å². The first-order chi connectivity index (χ1) is 15.2. The molecule has 0 fully saturated rings. The smallest absolute Gasteiger partial charge is 0.305 e. The van der Waals surface area contributed by atoms with Crippen LogP contribution in [-0.2, 0) is 41.6 Å². The number of aryl methyl sites for hydroxylation is 4. The Morgan fingerprint density at radius 3 is 2.77 bits per heavy atom. The molecular formula is C23H25FN4O3. The van der Waals surface area contributed by atoms with Crippen LogP contribution in [0, 0.1) is 0 Å². The number of methoxy groups -OCH3 is 1. The summed E-state index contributed by atoms with van der Waals surface area (Å²) in [7, 11) is 1.39. The first-order valence-corrected chi connectivity index (χ1v) is 10.4. The third kappa shape index (κ3) is 4.90. The van der Waals surface area contributed by atoms with Gasteiger partial charge in [-0.3, -0.25) is 4.79 Å². The number of hydrogen-bond donors (Lipinski definition) is 1. The monoisotopic (exact) mass is 424 g/mol. The Morgan fingerprint density at radius 2 is 2.00 bits per heavy atom. The van der Waals surface area contributed by atoms with Gasteiger partial charge in [-0.05, 0) is 61.1 Å². The number of H-pyrrole nitrogens is 1. The lowest BCUT2D eigenvalue weighted by Crippen LogP contribution is -2.10. The second-order valence-corrected chi connectivity index (χ2v) is 7.44.